The molecule has 2 aliphatic carbocycles. The smallest absolute Gasteiger partial charge is 0.140 e. The van der Waals surface area contributed by atoms with Gasteiger partial charge in [0.25, 0.3) is 0 Å². The number of hydrogen-bond acceptors (Lipinski definition) is 1. The molecule has 0 bridgehead atoms. The van der Waals surface area contributed by atoms with Gasteiger partial charge >= 0.3 is 0 Å². The molecule has 0 aromatic rings. The molecule has 0 aromatic heterocycles. The van der Waals surface area contributed by atoms with Crippen LogP contribution in [0.3, 0.4) is 0 Å². The number of fused-ring (bicyclic) bond motifs is 1. The van der Waals surface area contributed by atoms with E-state index < -0.39 is 0 Å². The summed E-state index contributed by atoms with van der Waals surface area (Å²) in [6, 6.07) is 0. The van der Waals surface area contributed by atoms with Gasteiger partial charge in [-0.15, -0.1) is 0 Å². The summed E-state index contributed by atoms with van der Waals surface area (Å²) in [6.07, 6.45) is 2.89. The summed E-state index contributed by atoms with van der Waals surface area (Å²) in [4.78, 5) is 11.4. The van der Waals surface area contributed by atoms with E-state index in [9.17, 15) is 4.79 Å². The second-order valence-corrected chi connectivity index (χ2v) is 4.16. The number of rotatable bonds is 0. The van der Waals surface area contributed by atoms with Crippen molar-refractivity contribution in [2.75, 3.05) is 0 Å². The first kappa shape index (κ1) is 6.59. The van der Waals surface area contributed by atoms with Crippen LogP contribution >= 0.6 is 15.9 Å². The Morgan fingerprint density at radius 1 is 1.70 bits per heavy atom. The Balaban J connectivity index is 2.24. The molecule has 0 amide bonds. The molecule has 2 rings (SSSR count). The monoisotopic (exact) mass is 200 g/mol. The summed E-state index contributed by atoms with van der Waals surface area (Å²) < 4.78 is 0. The lowest BCUT2D eigenvalue weighted by molar-refractivity contribution is -0.130. The SMILES string of the molecule is CC1=CC2C(=O)CC2[C@@H]1Br. The first-order valence-electron chi connectivity index (χ1n) is 3.55. The number of ketones is 1. The Hall–Kier alpha value is -0.110. The van der Waals surface area contributed by atoms with Gasteiger partial charge in [-0.3, -0.25) is 4.79 Å². The molecule has 2 unspecified atom stereocenters. The van der Waals surface area contributed by atoms with Crippen molar-refractivity contribution in [3.8, 4) is 0 Å². The van der Waals surface area contributed by atoms with Crippen LogP contribution in [0.1, 0.15) is 13.3 Å². The molecule has 1 fully saturated rings. The fourth-order valence-corrected chi connectivity index (χ4v) is 2.46. The van der Waals surface area contributed by atoms with Gasteiger partial charge in [-0.05, 0) is 12.8 Å². The maximum atomic E-state index is 10.9. The minimum atomic E-state index is 0.268. The lowest BCUT2D eigenvalue weighted by Crippen LogP contribution is -2.36. The lowest BCUT2D eigenvalue weighted by atomic mass is 9.75. The zero-order valence-electron chi connectivity index (χ0n) is 5.80. The number of Topliss-reactive ketones (excluding diaryl/α,β-unsaturated/α-hetero) is 1. The highest BCUT2D eigenvalue weighted by molar-refractivity contribution is 9.09. The second-order valence-electron chi connectivity index (χ2n) is 3.17. The zero-order valence-corrected chi connectivity index (χ0v) is 7.39. The molecule has 0 heterocycles. The quantitative estimate of drug-likeness (QED) is 0.432. The van der Waals surface area contributed by atoms with E-state index in [4.69, 9.17) is 0 Å². The fourth-order valence-electron chi connectivity index (χ4n) is 1.79. The minimum Gasteiger partial charge on any atom is -0.299 e. The van der Waals surface area contributed by atoms with Gasteiger partial charge in [0.05, 0.1) is 0 Å². The van der Waals surface area contributed by atoms with Crippen molar-refractivity contribution in [1.82, 2.24) is 0 Å². The van der Waals surface area contributed by atoms with Gasteiger partial charge in [0.1, 0.15) is 5.78 Å². The van der Waals surface area contributed by atoms with E-state index >= 15 is 0 Å². The Bertz CT molecular complexity index is 219. The van der Waals surface area contributed by atoms with E-state index in [1.807, 2.05) is 0 Å². The molecule has 1 nitrogen and oxygen atoms in total. The maximum absolute atomic E-state index is 10.9. The largest absolute Gasteiger partial charge is 0.299 e. The molecule has 54 valence electrons. The van der Waals surface area contributed by atoms with Gasteiger partial charge in [0.15, 0.2) is 0 Å². The van der Waals surface area contributed by atoms with Crippen LogP contribution in [0, 0.1) is 11.8 Å². The molecule has 0 aliphatic heterocycles. The Labute approximate surface area is 68.6 Å². The van der Waals surface area contributed by atoms with Crippen LogP contribution in [0.4, 0.5) is 0 Å². The molecule has 0 radical (unpaired) electrons. The molecule has 3 atom stereocenters. The van der Waals surface area contributed by atoms with Crippen molar-refractivity contribution >= 4 is 21.7 Å². The van der Waals surface area contributed by atoms with Crippen LogP contribution < -0.4 is 0 Å². The number of alkyl halides is 1. The zero-order chi connectivity index (χ0) is 7.30. The summed E-state index contributed by atoms with van der Waals surface area (Å²) in [5.41, 5.74) is 1.33. The molecule has 0 spiro atoms. The summed E-state index contributed by atoms with van der Waals surface area (Å²) in [5.74, 6) is 1.28. The predicted octanol–water partition coefficient (Wildman–Crippen LogP) is 1.92. The van der Waals surface area contributed by atoms with Crippen molar-refractivity contribution in [1.29, 1.82) is 0 Å². The van der Waals surface area contributed by atoms with E-state index in [2.05, 4.69) is 28.9 Å². The molecule has 0 aromatic carbocycles. The van der Waals surface area contributed by atoms with Crippen LogP contribution in [-0.4, -0.2) is 10.6 Å². The van der Waals surface area contributed by atoms with Gasteiger partial charge in [-0.1, -0.05) is 27.6 Å². The van der Waals surface area contributed by atoms with E-state index in [1.54, 1.807) is 0 Å². The standard InChI is InChI=1S/C8H9BrO/c1-4-2-5-6(8(4)9)3-7(5)10/h2,5-6,8H,3H2,1H3/t5?,6?,8-/m1/s1. The van der Waals surface area contributed by atoms with Gasteiger partial charge in [-0.2, -0.15) is 0 Å². The number of carbonyl (C=O) groups is 1. The van der Waals surface area contributed by atoms with Crippen LogP contribution in [0.5, 0.6) is 0 Å². The molecule has 2 heteroatoms. The van der Waals surface area contributed by atoms with Crippen molar-refractivity contribution in [3.63, 3.8) is 0 Å². The van der Waals surface area contributed by atoms with Gasteiger partial charge < -0.3 is 0 Å². The predicted molar refractivity (Wildman–Crippen MR) is 43.1 cm³/mol. The summed E-state index contributed by atoms with van der Waals surface area (Å²) >= 11 is 3.57. The van der Waals surface area contributed by atoms with Crippen LogP contribution in [0.15, 0.2) is 11.6 Å². The van der Waals surface area contributed by atoms with Crippen molar-refractivity contribution in [2.45, 2.75) is 18.2 Å². The molecule has 1 saturated carbocycles. The van der Waals surface area contributed by atoms with Gasteiger partial charge in [0.2, 0.25) is 0 Å². The number of allylic oxidation sites excluding steroid dienone is 2. The van der Waals surface area contributed by atoms with E-state index in [0.29, 0.717) is 16.5 Å². The van der Waals surface area contributed by atoms with Crippen molar-refractivity contribution < 1.29 is 4.79 Å². The summed E-state index contributed by atoms with van der Waals surface area (Å²) in [6.45, 7) is 2.09. The topological polar surface area (TPSA) is 17.1 Å². The maximum Gasteiger partial charge on any atom is 0.140 e. The third-order valence-corrected chi connectivity index (χ3v) is 3.92. The Morgan fingerprint density at radius 2 is 2.40 bits per heavy atom. The first-order valence-corrected chi connectivity index (χ1v) is 4.47. The minimum absolute atomic E-state index is 0.268. The molecule has 0 saturated heterocycles. The van der Waals surface area contributed by atoms with Crippen molar-refractivity contribution in [2.24, 2.45) is 11.8 Å². The average molecular weight is 201 g/mol. The third kappa shape index (κ3) is 0.656. The van der Waals surface area contributed by atoms with Gasteiger partial charge in [0, 0.05) is 17.2 Å². The number of hydrogen-bond donors (Lipinski definition) is 0. The highest BCUT2D eigenvalue weighted by Crippen LogP contribution is 2.46. The van der Waals surface area contributed by atoms with Crippen LogP contribution in [0.2, 0.25) is 0 Å². The van der Waals surface area contributed by atoms with E-state index in [0.717, 1.165) is 6.42 Å². The molecule has 0 N–H and O–H groups in total. The molecule has 10 heavy (non-hydrogen) atoms. The third-order valence-electron chi connectivity index (χ3n) is 2.52. The van der Waals surface area contributed by atoms with Gasteiger partial charge in [-0.25, -0.2) is 0 Å². The highest BCUT2D eigenvalue weighted by atomic mass is 79.9. The van der Waals surface area contributed by atoms with Crippen LogP contribution in [-0.2, 0) is 4.79 Å². The molecule has 2 aliphatic rings. The number of halogens is 1. The lowest BCUT2D eigenvalue weighted by Gasteiger charge is -2.30. The molecular formula is C8H9BrO. The van der Waals surface area contributed by atoms with Crippen LogP contribution in [0.25, 0.3) is 0 Å². The highest BCUT2D eigenvalue weighted by Gasteiger charge is 2.46. The molecular weight excluding hydrogens is 192 g/mol. The fraction of sp³-hybridized carbons (Fsp3) is 0.625. The summed E-state index contributed by atoms with van der Waals surface area (Å²) in [7, 11) is 0. The normalized spacial score (nSPS) is 44.4. The first-order chi connectivity index (χ1) is 4.70. The number of carbonyl (C=O) groups excluding carboxylic acids is 1. The second kappa shape index (κ2) is 1.94. The average Bonchev–Trinajstić information content (AvgIpc) is 2.12. The van der Waals surface area contributed by atoms with E-state index in [1.165, 1.54) is 5.57 Å². The summed E-state index contributed by atoms with van der Waals surface area (Å²) in [5, 5.41) is 0. The van der Waals surface area contributed by atoms with E-state index in [-0.39, 0.29) is 5.92 Å². The van der Waals surface area contributed by atoms with Crippen molar-refractivity contribution in [3.05, 3.63) is 11.6 Å². The Kier molecular flexibility index (Phi) is 1.28. The Morgan fingerprint density at radius 3 is 2.80 bits per heavy atom.